The molecule has 0 unspecified atom stereocenters. The van der Waals surface area contributed by atoms with Crippen molar-refractivity contribution in [1.82, 2.24) is 0 Å². The summed E-state index contributed by atoms with van der Waals surface area (Å²) >= 11 is 0. The first-order valence-corrected chi connectivity index (χ1v) is 5.45. The third-order valence-corrected chi connectivity index (χ3v) is 2.28. The number of nitro benzene ring substituents is 1. The summed E-state index contributed by atoms with van der Waals surface area (Å²) in [5.74, 6) is 0.133. The number of rotatable bonds is 4. The molecule has 1 aromatic rings. The van der Waals surface area contributed by atoms with Crippen molar-refractivity contribution in [3.05, 3.63) is 33.9 Å². The largest absolute Gasteiger partial charge is 0.326 e. The molecular weight excluding hydrogens is 220 g/mol. The van der Waals surface area contributed by atoms with Crippen LogP contribution in [0.4, 0.5) is 11.4 Å². The van der Waals surface area contributed by atoms with Gasteiger partial charge in [-0.05, 0) is 18.9 Å². The first-order chi connectivity index (χ1) is 7.90. The van der Waals surface area contributed by atoms with Gasteiger partial charge >= 0.3 is 0 Å². The highest BCUT2D eigenvalue weighted by Gasteiger charge is 2.12. The summed E-state index contributed by atoms with van der Waals surface area (Å²) < 4.78 is 0. The highest BCUT2D eigenvalue weighted by atomic mass is 16.6. The number of nitrogens with one attached hydrogen (secondary N) is 1. The molecule has 0 saturated carbocycles. The molecule has 1 rings (SSSR count). The molecule has 1 N–H and O–H groups in total. The van der Waals surface area contributed by atoms with Crippen molar-refractivity contribution in [2.24, 2.45) is 5.92 Å². The predicted octanol–water partition coefficient (Wildman–Crippen LogP) is 2.89. The Labute approximate surface area is 100.0 Å². The Morgan fingerprint density at radius 2 is 2.12 bits per heavy atom. The van der Waals surface area contributed by atoms with Crippen LogP contribution in [0.2, 0.25) is 0 Å². The number of benzene rings is 1. The Morgan fingerprint density at radius 1 is 1.47 bits per heavy atom. The van der Waals surface area contributed by atoms with E-state index in [-0.39, 0.29) is 17.5 Å². The summed E-state index contributed by atoms with van der Waals surface area (Å²) in [5.41, 5.74) is 1.07. The molecule has 92 valence electrons. The van der Waals surface area contributed by atoms with E-state index in [2.05, 4.69) is 5.32 Å². The number of nitrogens with zero attached hydrogens (tertiary/aromatic N) is 1. The van der Waals surface area contributed by atoms with Gasteiger partial charge in [-0.15, -0.1) is 0 Å². The number of hydrogen-bond donors (Lipinski definition) is 1. The summed E-state index contributed by atoms with van der Waals surface area (Å²) in [6.07, 6.45) is 0.404. The molecule has 0 saturated heterocycles. The SMILES string of the molecule is Cc1ccc(NC(=O)CC(C)C)cc1[N+](=O)[O-]. The quantitative estimate of drug-likeness (QED) is 0.645. The normalized spacial score (nSPS) is 10.4. The molecule has 0 aliphatic heterocycles. The van der Waals surface area contributed by atoms with Gasteiger partial charge in [-0.1, -0.05) is 19.9 Å². The monoisotopic (exact) mass is 236 g/mol. The molecule has 5 nitrogen and oxygen atoms in total. The van der Waals surface area contributed by atoms with Crippen LogP contribution in [0.3, 0.4) is 0 Å². The maximum atomic E-state index is 11.5. The molecule has 17 heavy (non-hydrogen) atoms. The van der Waals surface area contributed by atoms with E-state index >= 15 is 0 Å². The molecule has 0 atom stereocenters. The summed E-state index contributed by atoms with van der Waals surface area (Å²) in [5, 5.41) is 13.4. The highest BCUT2D eigenvalue weighted by Crippen LogP contribution is 2.22. The van der Waals surface area contributed by atoms with E-state index in [9.17, 15) is 14.9 Å². The maximum absolute atomic E-state index is 11.5. The zero-order chi connectivity index (χ0) is 13.0. The first kappa shape index (κ1) is 13.2. The van der Waals surface area contributed by atoms with Gasteiger partial charge in [0.1, 0.15) is 0 Å². The van der Waals surface area contributed by atoms with Crippen LogP contribution in [0.5, 0.6) is 0 Å². The predicted molar refractivity (Wildman–Crippen MR) is 65.9 cm³/mol. The third-order valence-electron chi connectivity index (χ3n) is 2.28. The van der Waals surface area contributed by atoms with Crippen LogP contribution in [0.25, 0.3) is 0 Å². The molecule has 1 amide bonds. The second-order valence-corrected chi connectivity index (χ2v) is 4.40. The van der Waals surface area contributed by atoms with E-state index in [1.54, 1.807) is 19.1 Å². The van der Waals surface area contributed by atoms with E-state index in [4.69, 9.17) is 0 Å². The first-order valence-electron chi connectivity index (χ1n) is 5.45. The molecular formula is C12H16N2O3. The lowest BCUT2D eigenvalue weighted by molar-refractivity contribution is -0.385. The molecule has 0 bridgehead atoms. The summed E-state index contributed by atoms with van der Waals surface area (Å²) in [6, 6.07) is 4.68. The van der Waals surface area contributed by atoms with Gasteiger partial charge in [-0.3, -0.25) is 14.9 Å². The van der Waals surface area contributed by atoms with Gasteiger partial charge < -0.3 is 5.32 Å². The van der Waals surface area contributed by atoms with E-state index in [1.807, 2.05) is 13.8 Å². The molecule has 0 radical (unpaired) electrons. The van der Waals surface area contributed by atoms with E-state index < -0.39 is 4.92 Å². The van der Waals surface area contributed by atoms with E-state index in [0.29, 0.717) is 17.7 Å². The van der Waals surface area contributed by atoms with Crippen LogP contribution in [0.15, 0.2) is 18.2 Å². The van der Waals surface area contributed by atoms with Gasteiger partial charge in [0.15, 0.2) is 0 Å². The fraction of sp³-hybridized carbons (Fsp3) is 0.417. The van der Waals surface area contributed by atoms with Crippen molar-refractivity contribution in [2.75, 3.05) is 5.32 Å². The second-order valence-electron chi connectivity index (χ2n) is 4.40. The molecule has 0 aromatic heterocycles. The molecule has 0 aliphatic carbocycles. The number of aryl methyl sites for hydroxylation is 1. The summed E-state index contributed by atoms with van der Waals surface area (Å²) in [6.45, 7) is 5.55. The van der Waals surface area contributed by atoms with Crippen LogP contribution < -0.4 is 5.32 Å². The van der Waals surface area contributed by atoms with Gasteiger partial charge in [0, 0.05) is 23.7 Å². The van der Waals surface area contributed by atoms with Gasteiger partial charge in [-0.25, -0.2) is 0 Å². The lowest BCUT2D eigenvalue weighted by Crippen LogP contribution is -2.13. The molecule has 0 aliphatic rings. The lowest BCUT2D eigenvalue weighted by atomic mass is 10.1. The van der Waals surface area contributed by atoms with Crippen molar-refractivity contribution >= 4 is 17.3 Å². The molecule has 0 fully saturated rings. The standard InChI is InChI=1S/C12H16N2O3/c1-8(2)6-12(15)13-10-5-4-9(3)11(7-10)14(16)17/h4-5,7-8H,6H2,1-3H3,(H,13,15). The summed E-state index contributed by atoms with van der Waals surface area (Å²) in [4.78, 5) is 21.8. The zero-order valence-corrected chi connectivity index (χ0v) is 10.2. The Hall–Kier alpha value is -1.91. The van der Waals surface area contributed by atoms with Crippen LogP contribution in [-0.2, 0) is 4.79 Å². The Balaban J connectivity index is 2.82. The smallest absolute Gasteiger partial charge is 0.274 e. The molecule has 0 heterocycles. The Kier molecular flexibility index (Phi) is 4.20. The number of carbonyl (C=O) groups excluding carboxylic acids is 1. The zero-order valence-electron chi connectivity index (χ0n) is 10.2. The van der Waals surface area contributed by atoms with Crippen molar-refractivity contribution in [3.8, 4) is 0 Å². The van der Waals surface area contributed by atoms with Gasteiger partial charge in [0.2, 0.25) is 5.91 Å². The van der Waals surface area contributed by atoms with Crippen molar-refractivity contribution < 1.29 is 9.72 Å². The molecule has 1 aromatic carbocycles. The number of carbonyl (C=O) groups is 1. The Bertz CT molecular complexity index is 441. The summed E-state index contributed by atoms with van der Waals surface area (Å²) in [7, 11) is 0. The van der Waals surface area contributed by atoms with Crippen molar-refractivity contribution in [2.45, 2.75) is 27.2 Å². The lowest BCUT2D eigenvalue weighted by Gasteiger charge is -2.07. The number of anilines is 1. The van der Waals surface area contributed by atoms with Crippen molar-refractivity contribution in [3.63, 3.8) is 0 Å². The average Bonchev–Trinajstić information content (AvgIpc) is 2.19. The van der Waals surface area contributed by atoms with E-state index in [0.717, 1.165) is 0 Å². The number of hydrogen-bond acceptors (Lipinski definition) is 3. The molecule has 5 heteroatoms. The van der Waals surface area contributed by atoms with Gasteiger partial charge in [-0.2, -0.15) is 0 Å². The van der Waals surface area contributed by atoms with Crippen LogP contribution in [-0.4, -0.2) is 10.8 Å². The Morgan fingerprint density at radius 3 is 2.65 bits per heavy atom. The minimum atomic E-state index is -0.451. The van der Waals surface area contributed by atoms with Gasteiger partial charge in [0.25, 0.3) is 5.69 Å². The highest BCUT2D eigenvalue weighted by molar-refractivity contribution is 5.91. The number of nitro groups is 1. The second kappa shape index (κ2) is 5.43. The van der Waals surface area contributed by atoms with Crippen LogP contribution >= 0.6 is 0 Å². The fourth-order valence-electron chi connectivity index (χ4n) is 1.47. The van der Waals surface area contributed by atoms with Crippen molar-refractivity contribution in [1.29, 1.82) is 0 Å². The maximum Gasteiger partial charge on any atom is 0.274 e. The van der Waals surface area contributed by atoms with Crippen LogP contribution in [0.1, 0.15) is 25.8 Å². The van der Waals surface area contributed by atoms with Gasteiger partial charge in [0.05, 0.1) is 4.92 Å². The minimum Gasteiger partial charge on any atom is -0.326 e. The number of amides is 1. The fourth-order valence-corrected chi connectivity index (χ4v) is 1.47. The topological polar surface area (TPSA) is 72.2 Å². The average molecular weight is 236 g/mol. The van der Waals surface area contributed by atoms with Crippen LogP contribution in [0, 0.1) is 23.0 Å². The third kappa shape index (κ3) is 3.86. The minimum absolute atomic E-state index is 0.0207. The molecule has 0 spiro atoms. The van der Waals surface area contributed by atoms with E-state index in [1.165, 1.54) is 6.07 Å².